The van der Waals surface area contributed by atoms with Crippen LogP contribution in [0.2, 0.25) is 0 Å². The smallest absolute Gasteiger partial charge is 0.151 e. The van der Waals surface area contributed by atoms with Gasteiger partial charge in [0.1, 0.15) is 12.2 Å². The molecule has 0 amide bonds. The maximum atomic E-state index is 9.69. The minimum absolute atomic E-state index is 0. The van der Waals surface area contributed by atoms with Gasteiger partial charge in [0.05, 0.1) is 18.4 Å². The van der Waals surface area contributed by atoms with Gasteiger partial charge >= 0.3 is 0 Å². The molecule has 0 aliphatic rings. The number of halogens is 1. The Hall–Kier alpha value is -0.890. The Labute approximate surface area is 124 Å². The van der Waals surface area contributed by atoms with Gasteiger partial charge in [-0.2, -0.15) is 0 Å². The molecule has 0 aromatic heterocycles. The molecule has 1 aromatic carbocycles. The van der Waals surface area contributed by atoms with E-state index < -0.39 is 24.9 Å². The first-order valence-electron chi connectivity index (χ1n) is 6.19. The van der Waals surface area contributed by atoms with Crippen molar-refractivity contribution in [3.63, 3.8) is 0 Å². The van der Waals surface area contributed by atoms with E-state index in [9.17, 15) is 15.3 Å². The highest BCUT2D eigenvalue weighted by atomic mass is 35.5. The van der Waals surface area contributed by atoms with E-state index in [-0.39, 0.29) is 19.0 Å². The largest absolute Gasteiger partial charge is 1.00 e. The normalized spacial score (nSPS) is 15.2. The van der Waals surface area contributed by atoms with E-state index >= 15 is 0 Å². The molecule has 3 atom stereocenters. The third-order valence-corrected chi connectivity index (χ3v) is 3.20. The van der Waals surface area contributed by atoms with Crippen LogP contribution in [0.5, 0.6) is 0 Å². The van der Waals surface area contributed by atoms with E-state index in [1.165, 1.54) is 0 Å². The maximum absolute atomic E-state index is 9.69. The van der Waals surface area contributed by atoms with Crippen LogP contribution >= 0.6 is 0 Å². The van der Waals surface area contributed by atoms with Crippen molar-refractivity contribution >= 4 is 11.4 Å². The van der Waals surface area contributed by atoms with Crippen LogP contribution < -0.4 is 23.5 Å². The van der Waals surface area contributed by atoms with Gasteiger partial charge in [0.15, 0.2) is 5.69 Å². The topological polar surface area (TPSA) is 121 Å². The van der Waals surface area contributed by atoms with Crippen LogP contribution in [-0.2, 0) is 0 Å². The van der Waals surface area contributed by atoms with Gasteiger partial charge in [-0.25, -0.2) is 0 Å². The summed E-state index contributed by atoms with van der Waals surface area (Å²) in [5, 5.41) is 40.1. The predicted octanol–water partition coefficient (Wildman–Crippen LogP) is -4.33. The van der Waals surface area contributed by atoms with Crippen molar-refractivity contribution in [1.82, 2.24) is 0 Å². The van der Waals surface area contributed by atoms with E-state index in [0.29, 0.717) is 0 Å². The summed E-state index contributed by atoms with van der Waals surface area (Å²) in [4.78, 5) is 0. The fourth-order valence-electron chi connectivity index (χ4n) is 1.74. The molecule has 3 unspecified atom stereocenters. The molecule has 0 bridgehead atoms. The van der Waals surface area contributed by atoms with Gasteiger partial charge in [-0.1, -0.05) is 0 Å². The lowest BCUT2D eigenvalue weighted by Crippen LogP contribution is -3.00. The van der Waals surface area contributed by atoms with Crippen LogP contribution in [0.25, 0.3) is 0 Å². The average molecular weight is 307 g/mol. The first-order chi connectivity index (χ1) is 8.86. The van der Waals surface area contributed by atoms with E-state index in [4.69, 9.17) is 5.11 Å². The monoisotopic (exact) mass is 306 g/mol. The Bertz CT molecular complexity index is 431. The standard InChI is InChI=1S/C13H22N2O4.ClH/c1-7-3-9(14)10(4-8(7)2)15-5-11(17)13(19)12(18)6-16;/h3-4,11-13,15-19H,5-6,14H2,1-2H3;1H. The van der Waals surface area contributed by atoms with E-state index in [2.05, 4.69) is 11.1 Å². The molecule has 0 fully saturated rings. The number of benzene rings is 1. The fourth-order valence-corrected chi connectivity index (χ4v) is 1.74. The number of quaternary nitrogens is 1. The molecule has 8 N–H and O–H groups in total. The summed E-state index contributed by atoms with van der Waals surface area (Å²) in [6.45, 7) is 3.43. The van der Waals surface area contributed by atoms with Gasteiger partial charge in [0, 0.05) is 12.6 Å². The lowest BCUT2D eigenvalue weighted by Gasteiger charge is -2.22. The van der Waals surface area contributed by atoms with Crippen molar-refractivity contribution in [2.24, 2.45) is 0 Å². The Morgan fingerprint density at radius 1 is 1.10 bits per heavy atom. The summed E-state index contributed by atoms with van der Waals surface area (Å²) in [5.74, 6) is 0. The molecule has 6 nitrogen and oxygen atoms in total. The van der Waals surface area contributed by atoms with Gasteiger partial charge in [-0.15, -0.1) is 0 Å². The SMILES string of the molecule is Cc1cc([NH3+])c(NCC(O)C(O)C(O)CO)cc1C.[Cl-]. The minimum atomic E-state index is -1.39. The first-order valence-corrected chi connectivity index (χ1v) is 6.19. The quantitative estimate of drug-likeness (QED) is 0.317. The second-order valence-electron chi connectivity index (χ2n) is 4.78. The van der Waals surface area contributed by atoms with Gasteiger partial charge in [-0.3, -0.25) is 0 Å². The molecular weight excluding hydrogens is 284 g/mol. The minimum Gasteiger partial charge on any atom is -1.00 e. The molecule has 0 spiro atoms. The number of anilines is 1. The molecule has 0 radical (unpaired) electrons. The summed E-state index contributed by atoms with van der Waals surface area (Å²) in [7, 11) is 0. The number of rotatable bonds is 6. The zero-order valence-electron chi connectivity index (χ0n) is 11.7. The highest BCUT2D eigenvalue weighted by molar-refractivity contribution is 5.63. The van der Waals surface area contributed by atoms with E-state index in [0.717, 1.165) is 22.5 Å². The zero-order valence-corrected chi connectivity index (χ0v) is 12.4. The number of hydrogen-bond acceptors (Lipinski definition) is 5. The van der Waals surface area contributed by atoms with Crippen molar-refractivity contribution < 1.29 is 38.6 Å². The van der Waals surface area contributed by atoms with Gasteiger partial charge < -0.3 is 43.9 Å². The molecule has 116 valence electrons. The van der Waals surface area contributed by atoms with Gasteiger partial charge in [0.2, 0.25) is 0 Å². The number of aliphatic hydroxyl groups excluding tert-OH is 4. The summed E-state index contributed by atoms with van der Waals surface area (Å²) in [6.07, 6.45) is -3.92. The van der Waals surface area contributed by atoms with Crippen LogP contribution in [-0.4, -0.2) is 51.9 Å². The second kappa shape index (κ2) is 8.41. The maximum Gasteiger partial charge on any atom is 0.151 e. The molecule has 0 aliphatic heterocycles. The van der Waals surface area contributed by atoms with Crippen molar-refractivity contribution in [1.29, 1.82) is 0 Å². The molecule has 0 heterocycles. The number of nitrogens with one attached hydrogen (secondary N) is 1. The van der Waals surface area contributed by atoms with Crippen LogP contribution in [0.3, 0.4) is 0 Å². The van der Waals surface area contributed by atoms with Gasteiger partial charge in [-0.05, 0) is 31.0 Å². The summed E-state index contributed by atoms with van der Waals surface area (Å²) in [5.41, 5.74) is 7.70. The second-order valence-corrected chi connectivity index (χ2v) is 4.78. The fraction of sp³-hybridized carbons (Fsp3) is 0.538. The molecular formula is C13H23ClN2O4. The van der Waals surface area contributed by atoms with Crippen molar-refractivity contribution in [3.8, 4) is 0 Å². The summed E-state index contributed by atoms with van der Waals surface area (Å²) < 4.78 is 0. The number of hydrogen-bond donors (Lipinski definition) is 6. The van der Waals surface area contributed by atoms with Gasteiger partial charge in [0.25, 0.3) is 0 Å². The lowest BCUT2D eigenvalue weighted by atomic mass is 10.1. The molecule has 0 saturated carbocycles. The van der Waals surface area contributed by atoms with Crippen LogP contribution in [0, 0.1) is 13.8 Å². The molecule has 20 heavy (non-hydrogen) atoms. The Balaban J connectivity index is 0.00000361. The molecule has 1 aromatic rings. The van der Waals surface area contributed by atoms with Crippen LogP contribution in [0.15, 0.2) is 12.1 Å². The number of aliphatic hydroxyl groups is 4. The molecule has 1 rings (SSSR count). The third kappa shape index (κ3) is 4.90. The summed E-state index contributed by atoms with van der Waals surface area (Å²) >= 11 is 0. The molecule has 0 saturated heterocycles. The predicted molar refractivity (Wildman–Crippen MR) is 72.1 cm³/mol. The van der Waals surface area contributed by atoms with Crippen LogP contribution in [0.1, 0.15) is 11.1 Å². The van der Waals surface area contributed by atoms with Crippen LogP contribution in [0.4, 0.5) is 11.4 Å². The Kier molecular flexibility index (Phi) is 8.03. The zero-order chi connectivity index (χ0) is 14.6. The van der Waals surface area contributed by atoms with Crippen molar-refractivity contribution in [2.75, 3.05) is 18.5 Å². The Morgan fingerprint density at radius 2 is 1.65 bits per heavy atom. The highest BCUT2D eigenvalue weighted by Crippen LogP contribution is 2.21. The highest BCUT2D eigenvalue weighted by Gasteiger charge is 2.24. The van der Waals surface area contributed by atoms with E-state index in [1.54, 1.807) is 0 Å². The van der Waals surface area contributed by atoms with E-state index in [1.807, 2.05) is 26.0 Å². The average Bonchev–Trinajstić information content (AvgIpc) is 2.39. The van der Waals surface area contributed by atoms with Crippen molar-refractivity contribution in [2.45, 2.75) is 32.2 Å². The lowest BCUT2D eigenvalue weighted by molar-refractivity contribution is -0.253. The molecule has 0 aliphatic carbocycles. The summed E-state index contributed by atoms with van der Waals surface area (Å²) in [6, 6.07) is 3.85. The first kappa shape index (κ1) is 19.1. The molecule has 7 heteroatoms. The number of aryl methyl sites for hydroxylation is 2. The Morgan fingerprint density at radius 3 is 2.20 bits per heavy atom. The third-order valence-electron chi connectivity index (χ3n) is 3.20. The van der Waals surface area contributed by atoms with Crippen molar-refractivity contribution in [3.05, 3.63) is 23.3 Å².